The minimum Gasteiger partial charge on any atom is -0.300 e. The summed E-state index contributed by atoms with van der Waals surface area (Å²) >= 11 is 0. The van der Waals surface area contributed by atoms with Crippen molar-refractivity contribution in [3.63, 3.8) is 0 Å². The summed E-state index contributed by atoms with van der Waals surface area (Å²) in [6.45, 7) is 0.229. The maximum Gasteiger partial charge on any atom is 0.171 e. The molecule has 9 heavy (non-hydrogen) atoms. The van der Waals surface area contributed by atoms with Crippen molar-refractivity contribution >= 4 is 11.6 Å². The summed E-state index contributed by atoms with van der Waals surface area (Å²) in [5, 5.41) is 0. The Kier molecular flexibility index (Phi) is 9.70. The molecule has 0 N–H and O–H groups in total. The molecule has 0 aliphatic rings. The van der Waals surface area contributed by atoms with Crippen LogP contribution < -0.4 is 0 Å². The largest absolute Gasteiger partial charge is 0.300 e. The molecule has 0 unspecified atom stereocenters. The van der Waals surface area contributed by atoms with E-state index in [0.717, 1.165) is 0 Å². The molecule has 0 bridgehead atoms. The van der Waals surface area contributed by atoms with Gasteiger partial charge in [0.15, 0.2) is 5.78 Å². The molecule has 0 aromatic heterocycles. The van der Waals surface area contributed by atoms with E-state index >= 15 is 0 Å². The Morgan fingerprint density at radius 3 is 2.00 bits per heavy atom. The van der Waals surface area contributed by atoms with Crippen LogP contribution in [0.25, 0.3) is 0 Å². The van der Waals surface area contributed by atoms with Crippen molar-refractivity contribution in [3.8, 4) is 0 Å². The van der Waals surface area contributed by atoms with Gasteiger partial charge in [0.05, 0.1) is 6.42 Å². The first-order valence-corrected chi connectivity index (χ1v) is 2.24. The van der Waals surface area contributed by atoms with E-state index in [4.69, 9.17) is 0 Å². The third kappa shape index (κ3) is 8.85. The molecule has 0 fully saturated rings. The third-order valence-electron chi connectivity index (χ3n) is 0.595. The van der Waals surface area contributed by atoms with Crippen molar-refractivity contribution in [2.45, 2.75) is 13.3 Å². The van der Waals surface area contributed by atoms with Crippen LogP contribution >= 0.6 is 0 Å². The summed E-state index contributed by atoms with van der Waals surface area (Å²) in [5.41, 5.74) is 0. The zero-order valence-electron chi connectivity index (χ0n) is 4.99. The molecule has 0 atom stereocenters. The van der Waals surface area contributed by atoms with E-state index in [-0.39, 0.29) is 61.6 Å². The standard InChI is InChI=1S/C5H7FO2.Eu/c1-4(7)2-5(8)3-6;/h2-3H2,1H3;. The molecule has 0 saturated heterocycles. The zero-order chi connectivity index (χ0) is 6.57. The minimum absolute atomic E-state index is 0. The number of halogens is 1. The van der Waals surface area contributed by atoms with E-state index in [1.807, 2.05) is 0 Å². The van der Waals surface area contributed by atoms with Crippen LogP contribution in [-0.2, 0) is 9.59 Å². The summed E-state index contributed by atoms with van der Waals surface area (Å²) in [6.07, 6.45) is -0.267. The number of alkyl halides is 1. The second-order valence-electron chi connectivity index (χ2n) is 1.55. The van der Waals surface area contributed by atoms with Crippen molar-refractivity contribution in [1.29, 1.82) is 0 Å². The van der Waals surface area contributed by atoms with E-state index in [1.54, 1.807) is 0 Å². The van der Waals surface area contributed by atoms with Gasteiger partial charge in [-0.2, -0.15) is 0 Å². The maximum atomic E-state index is 11.2. The molecular weight excluding hydrogens is 263 g/mol. The number of carbonyl (C=O) groups excluding carboxylic acids is 2. The van der Waals surface area contributed by atoms with Gasteiger partial charge in [0, 0.05) is 49.4 Å². The Hall–Kier alpha value is 0.854. The summed E-state index contributed by atoms with van der Waals surface area (Å²) in [4.78, 5) is 20.1. The minimum atomic E-state index is -1.03. The van der Waals surface area contributed by atoms with Gasteiger partial charge in [-0.15, -0.1) is 0 Å². The molecule has 0 aromatic rings. The molecule has 2 nitrogen and oxygen atoms in total. The van der Waals surface area contributed by atoms with Crippen LogP contribution in [0.4, 0.5) is 4.39 Å². The van der Waals surface area contributed by atoms with Crippen molar-refractivity contribution in [2.24, 2.45) is 0 Å². The smallest absolute Gasteiger partial charge is 0.171 e. The molecule has 0 saturated carbocycles. The first kappa shape index (κ1) is 12.5. The fraction of sp³-hybridized carbons (Fsp3) is 0.600. The number of hydrogen-bond donors (Lipinski definition) is 0. The fourth-order valence-electron chi connectivity index (χ4n) is 0.325. The fourth-order valence-corrected chi connectivity index (χ4v) is 0.325. The maximum absolute atomic E-state index is 11.2. The Balaban J connectivity index is 0. The van der Waals surface area contributed by atoms with Gasteiger partial charge in [-0.05, 0) is 6.92 Å². The average Bonchev–Trinajstić information content (AvgIpc) is 1.65. The molecular formula is C5H7EuFO2. The van der Waals surface area contributed by atoms with Crippen molar-refractivity contribution in [3.05, 3.63) is 0 Å². The number of ketones is 2. The predicted octanol–water partition coefficient (Wildman–Crippen LogP) is 0.504. The molecule has 0 aliphatic heterocycles. The van der Waals surface area contributed by atoms with Crippen LogP contribution in [0.2, 0.25) is 0 Å². The van der Waals surface area contributed by atoms with E-state index in [1.165, 1.54) is 6.92 Å². The van der Waals surface area contributed by atoms with Gasteiger partial charge in [0.1, 0.15) is 12.5 Å². The topological polar surface area (TPSA) is 34.1 Å². The molecule has 0 heterocycles. The van der Waals surface area contributed by atoms with Crippen LogP contribution in [0.3, 0.4) is 0 Å². The Labute approximate surface area is 93.7 Å². The SMILES string of the molecule is CC(=O)CC(=O)CF.[Eu]. The average molecular weight is 270 g/mol. The molecule has 4 heteroatoms. The van der Waals surface area contributed by atoms with E-state index in [2.05, 4.69) is 0 Å². The predicted molar refractivity (Wildman–Crippen MR) is 26.3 cm³/mol. The van der Waals surface area contributed by atoms with Crippen molar-refractivity contribution in [1.82, 2.24) is 0 Å². The summed E-state index contributed by atoms with van der Waals surface area (Å²) in [5.74, 6) is -0.926. The summed E-state index contributed by atoms with van der Waals surface area (Å²) in [6, 6.07) is 0. The number of carbonyl (C=O) groups is 2. The van der Waals surface area contributed by atoms with Crippen LogP contribution in [0, 0.1) is 49.4 Å². The normalized spacial score (nSPS) is 7.78. The van der Waals surface area contributed by atoms with Crippen LogP contribution in [0.15, 0.2) is 0 Å². The van der Waals surface area contributed by atoms with Crippen molar-refractivity contribution < 1.29 is 63.4 Å². The van der Waals surface area contributed by atoms with Gasteiger partial charge in [0.2, 0.25) is 0 Å². The van der Waals surface area contributed by atoms with E-state index in [9.17, 15) is 14.0 Å². The first-order chi connectivity index (χ1) is 3.66. The molecule has 1 radical (unpaired) electrons. The van der Waals surface area contributed by atoms with Crippen LogP contribution in [0.5, 0.6) is 0 Å². The Morgan fingerprint density at radius 1 is 1.44 bits per heavy atom. The number of rotatable bonds is 3. The molecule has 0 rings (SSSR count). The zero-order valence-corrected chi connectivity index (χ0v) is 7.41. The number of Topliss-reactive ketones (excluding diaryl/α,β-unsaturated/α-hetero) is 2. The Bertz CT molecular complexity index is 114. The molecule has 0 spiro atoms. The summed E-state index contributed by atoms with van der Waals surface area (Å²) in [7, 11) is 0. The van der Waals surface area contributed by atoms with Crippen LogP contribution in [-0.4, -0.2) is 18.2 Å². The van der Waals surface area contributed by atoms with Gasteiger partial charge >= 0.3 is 0 Å². The van der Waals surface area contributed by atoms with E-state index in [0.29, 0.717) is 0 Å². The quantitative estimate of drug-likeness (QED) is 0.700. The molecule has 0 amide bonds. The summed E-state index contributed by atoms with van der Waals surface area (Å²) < 4.78 is 11.2. The molecule has 53 valence electrons. The van der Waals surface area contributed by atoms with E-state index < -0.39 is 12.5 Å². The molecule has 0 aromatic carbocycles. The number of hydrogen-bond acceptors (Lipinski definition) is 2. The van der Waals surface area contributed by atoms with Gasteiger partial charge in [0.25, 0.3) is 0 Å². The second kappa shape index (κ2) is 6.97. The third-order valence-corrected chi connectivity index (χ3v) is 0.595. The van der Waals surface area contributed by atoms with Crippen LogP contribution in [0.1, 0.15) is 13.3 Å². The van der Waals surface area contributed by atoms with Gasteiger partial charge in [-0.1, -0.05) is 0 Å². The Morgan fingerprint density at radius 2 is 1.89 bits per heavy atom. The first-order valence-electron chi connectivity index (χ1n) is 2.24. The van der Waals surface area contributed by atoms with Crippen molar-refractivity contribution in [2.75, 3.05) is 6.67 Å². The monoisotopic (exact) mass is 271 g/mol. The van der Waals surface area contributed by atoms with Gasteiger partial charge in [-0.25, -0.2) is 4.39 Å². The molecule has 0 aliphatic carbocycles. The van der Waals surface area contributed by atoms with Gasteiger partial charge in [-0.3, -0.25) is 9.59 Å². The second-order valence-corrected chi connectivity index (χ2v) is 1.55. The van der Waals surface area contributed by atoms with Gasteiger partial charge < -0.3 is 0 Å².